The number of carbonyl (C=O) groups excluding carboxylic acids is 1. The van der Waals surface area contributed by atoms with Crippen molar-refractivity contribution in [3.8, 4) is 5.75 Å². The van der Waals surface area contributed by atoms with Crippen LogP contribution in [0.3, 0.4) is 0 Å². The van der Waals surface area contributed by atoms with Crippen molar-refractivity contribution in [1.29, 1.82) is 0 Å². The van der Waals surface area contributed by atoms with E-state index in [1.165, 1.54) is 4.40 Å². The normalized spacial score (nSPS) is 15.1. The van der Waals surface area contributed by atoms with Crippen LogP contribution in [0.15, 0.2) is 41.5 Å². The molecule has 3 aromatic rings. The van der Waals surface area contributed by atoms with Crippen LogP contribution in [0.1, 0.15) is 23.2 Å². The summed E-state index contributed by atoms with van der Waals surface area (Å²) in [7, 11) is 1.58. The molecule has 4 rings (SSSR count). The number of methoxy groups -OCH3 is 1. The highest BCUT2D eigenvalue weighted by molar-refractivity contribution is 5.94. The molecule has 9 heteroatoms. The number of carbonyl (C=O) groups is 1. The highest BCUT2D eigenvalue weighted by atomic mass is 16.5. The third-order valence-corrected chi connectivity index (χ3v) is 4.78. The molecule has 9 nitrogen and oxygen atoms in total. The average Bonchev–Trinajstić information content (AvgIpc) is 3.10. The fourth-order valence-electron chi connectivity index (χ4n) is 3.32. The van der Waals surface area contributed by atoms with Gasteiger partial charge in [0, 0.05) is 37.1 Å². The molecule has 0 unspecified atom stereocenters. The van der Waals surface area contributed by atoms with E-state index in [4.69, 9.17) is 4.74 Å². The van der Waals surface area contributed by atoms with Gasteiger partial charge in [-0.25, -0.2) is 19.3 Å². The Balaban J connectivity index is 1.41. The quantitative estimate of drug-likeness (QED) is 0.707. The van der Waals surface area contributed by atoms with Crippen LogP contribution in [-0.4, -0.2) is 51.7 Å². The number of hydrogen-bond acceptors (Lipinski definition) is 6. The van der Waals surface area contributed by atoms with Crippen molar-refractivity contribution in [1.82, 2.24) is 24.9 Å². The van der Waals surface area contributed by atoms with Gasteiger partial charge >= 0.3 is 5.69 Å². The Labute approximate surface area is 155 Å². The van der Waals surface area contributed by atoms with Gasteiger partial charge in [0.1, 0.15) is 5.75 Å². The van der Waals surface area contributed by atoms with E-state index < -0.39 is 0 Å². The average molecular weight is 368 g/mol. The zero-order valence-corrected chi connectivity index (χ0v) is 14.9. The van der Waals surface area contributed by atoms with Crippen molar-refractivity contribution in [2.75, 3.05) is 25.1 Å². The second-order valence-electron chi connectivity index (χ2n) is 6.44. The lowest BCUT2D eigenvalue weighted by Gasteiger charge is -2.33. The summed E-state index contributed by atoms with van der Waals surface area (Å²) in [5.74, 6) is 1.23. The van der Waals surface area contributed by atoms with E-state index in [9.17, 15) is 9.59 Å². The van der Waals surface area contributed by atoms with E-state index >= 15 is 0 Å². The van der Waals surface area contributed by atoms with Gasteiger partial charge in [-0.2, -0.15) is 0 Å². The molecule has 1 aliphatic rings. The Kier molecular flexibility index (Phi) is 4.49. The van der Waals surface area contributed by atoms with Crippen molar-refractivity contribution in [3.05, 3.63) is 52.7 Å². The minimum absolute atomic E-state index is 0.0843. The summed E-state index contributed by atoms with van der Waals surface area (Å²) in [4.78, 5) is 30.6. The Hall–Kier alpha value is -3.36. The van der Waals surface area contributed by atoms with Gasteiger partial charge in [-0.1, -0.05) is 6.07 Å². The molecule has 1 saturated heterocycles. The minimum Gasteiger partial charge on any atom is -0.497 e. The van der Waals surface area contributed by atoms with Gasteiger partial charge < -0.3 is 15.0 Å². The van der Waals surface area contributed by atoms with E-state index in [2.05, 4.69) is 25.4 Å². The topological polar surface area (TPSA) is 105 Å². The first-order valence-corrected chi connectivity index (χ1v) is 8.77. The number of benzene rings is 1. The van der Waals surface area contributed by atoms with Gasteiger partial charge in [0.15, 0.2) is 5.82 Å². The van der Waals surface area contributed by atoms with E-state index in [0.717, 1.165) is 25.9 Å². The summed E-state index contributed by atoms with van der Waals surface area (Å²) >= 11 is 0. The number of nitrogens with one attached hydrogen (secondary N) is 2. The molecular weight excluding hydrogens is 348 g/mol. The smallest absolute Gasteiger partial charge is 0.347 e. The summed E-state index contributed by atoms with van der Waals surface area (Å²) in [6, 6.07) is 7.19. The predicted molar refractivity (Wildman–Crippen MR) is 99.3 cm³/mol. The minimum atomic E-state index is -0.283. The van der Waals surface area contributed by atoms with Crippen LogP contribution in [0.2, 0.25) is 0 Å². The third-order valence-electron chi connectivity index (χ3n) is 4.78. The van der Waals surface area contributed by atoms with Crippen LogP contribution in [0, 0.1) is 0 Å². The van der Waals surface area contributed by atoms with Gasteiger partial charge in [-0.15, -0.1) is 5.10 Å². The molecule has 3 heterocycles. The number of fused-ring (bicyclic) bond motifs is 1. The lowest BCUT2D eigenvalue weighted by atomic mass is 10.0. The number of H-pyrrole nitrogens is 1. The summed E-state index contributed by atoms with van der Waals surface area (Å²) in [5.41, 5.74) is 0.814. The number of amides is 1. The molecule has 0 atom stereocenters. The van der Waals surface area contributed by atoms with Crippen molar-refractivity contribution < 1.29 is 9.53 Å². The number of anilines is 1. The van der Waals surface area contributed by atoms with Crippen LogP contribution < -0.4 is 20.6 Å². The Morgan fingerprint density at radius 3 is 2.93 bits per heavy atom. The zero-order valence-electron chi connectivity index (χ0n) is 14.9. The fraction of sp³-hybridized carbons (Fsp3) is 0.333. The van der Waals surface area contributed by atoms with Gasteiger partial charge in [0.25, 0.3) is 5.91 Å². The highest BCUT2D eigenvalue weighted by Crippen LogP contribution is 2.21. The van der Waals surface area contributed by atoms with Crippen LogP contribution in [-0.2, 0) is 0 Å². The predicted octanol–water partition coefficient (Wildman–Crippen LogP) is 0.825. The number of ether oxygens (including phenoxy) is 1. The van der Waals surface area contributed by atoms with Crippen LogP contribution in [0.5, 0.6) is 5.75 Å². The van der Waals surface area contributed by atoms with E-state index in [0.29, 0.717) is 22.8 Å². The molecule has 0 aliphatic carbocycles. The Morgan fingerprint density at radius 1 is 1.33 bits per heavy atom. The number of hydrogen-bond donors (Lipinski definition) is 2. The maximum atomic E-state index is 12.5. The summed E-state index contributed by atoms with van der Waals surface area (Å²) in [5, 5.41) is 9.58. The molecule has 2 aromatic heterocycles. The number of aromatic amines is 1. The Bertz CT molecular complexity index is 1020. The first-order valence-electron chi connectivity index (χ1n) is 8.77. The van der Waals surface area contributed by atoms with Crippen LogP contribution in [0.4, 0.5) is 5.82 Å². The highest BCUT2D eigenvalue weighted by Gasteiger charge is 2.24. The molecule has 2 N–H and O–H groups in total. The maximum Gasteiger partial charge on any atom is 0.347 e. The zero-order chi connectivity index (χ0) is 18.8. The van der Waals surface area contributed by atoms with Gasteiger partial charge in [-0.3, -0.25) is 4.79 Å². The van der Waals surface area contributed by atoms with E-state index in [1.54, 1.807) is 37.7 Å². The molecule has 140 valence electrons. The lowest BCUT2D eigenvalue weighted by molar-refractivity contribution is 0.0930. The molecule has 1 aliphatic heterocycles. The van der Waals surface area contributed by atoms with E-state index in [-0.39, 0.29) is 17.6 Å². The molecule has 0 spiro atoms. The number of nitrogens with zero attached hydrogens (tertiary/aromatic N) is 4. The molecule has 0 saturated carbocycles. The second kappa shape index (κ2) is 7.10. The molecule has 1 fully saturated rings. The Morgan fingerprint density at radius 2 is 2.15 bits per heavy atom. The summed E-state index contributed by atoms with van der Waals surface area (Å²) < 4.78 is 6.61. The van der Waals surface area contributed by atoms with Gasteiger partial charge in [0.2, 0.25) is 5.65 Å². The summed E-state index contributed by atoms with van der Waals surface area (Å²) in [6.45, 7) is 1.44. The standard InChI is InChI=1S/C18H20N6O3/c1-27-14-4-2-3-12(11-14)17(25)20-13-5-8-23(9-6-13)15-16-21-22-18(26)24(16)10-7-19-15/h2-4,7,10-11,13H,5-6,8-9H2,1H3,(H,20,25)(H,22,26). The largest absolute Gasteiger partial charge is 0.497 e. The van der Waals surface area contributed by atoms with Crippen molar-refractivity contribution in [3.63, 3.8) is 0 Å². The van der Waals surface area contributed by atoms with E-state index in [1.807, 2.05) is 6.07 Å². The van der Waals surface area contributed by atoms with Crippen molar-refractivity contribution >= 4 is 17.4 Å². The second-order valence-corrected chi connectivity index (χ2v) is 6.44. The summed E-state index contributed by atoms with van der Waals surface area (Å²) in [6.07, 6.45) is 4.75. The third kappa shape index (κ3) is 3.35. The molecule has 1 amide bonds. The first-order chi connectivity index (χ1) is 13.2. The molecular formula is C18H20N6O3. The van der Waals surface area contributed by atoms with Gasteiger partial charge in [0.05, 0.1) is 7.11 Å². The number of piperidine rings is 1. The number of aromatic nitrogens is 4. The SMILES string of the molecule is COc1cccc(C(=O)NC2CCN(c3nccn4c(=O)[nH]nc34)CC2)c1. The maximum absolute atomic E-state index is 12.5. The molecule has 0 bridgehead atoms. The van der Waals surface area contributed by atoms with Crippen molar-refractivity contribution in [2.24, 2.45) is 0 Å². The fourth-order valence-corrected chi connectivity index (χ4v) is 3.32. The van der Waals surface area contributed by atoms with Crippen LogP contribution >= 0.6 is 0 Å². The van der Waals surface area contributed by atoms with Crippen LogP contribution in [0.25, 0.3) is 5.65 Å². The first kappa shape index (κ1) is 17.1. The molecule has 1 aromatic carbocycles. The molecule has 27 heavy (non-hydrogen) atoms. The van der Waals surface area contributed by atoms with Crippen molar-refractivity contribution in [2.45, 2.75) is 18.9 Å². The monoisotopic (exact) mass is 368 g/mol. The lowest BCUT2D eigenvalue weighted by Crippen LogP contribution is -2.45. The van der Waals surface area contributed by atoms with Gasteiger partial charge in [-0.05, 0) is 31.0 Å². The molecule has 0 radical (unpaired) electrons. The number of rotatable bonds is 4.